The molecule has 2 N–H and O–H groups in total. The van der Waals surface area contributed by atoms with Gasteiger partial charge in [0.1, 0.15) is 11.6 Å². The van der Waals surface area contributed by atoms with Gasteiger partial charge in [-0.2, -0.15) is 0 Å². The van der Waals surface area contributed by atoms with Gasteiger partial charge in [-0.1, -0.05) is 71.7 Å². The molecule has 7 nitrogen and oxygen atoms in total. The van der Waals surface area contributed by atoms with E-state index in [1.165, 1.54) is 12.0 Å². The zero-order valence-electron chi connectivity index (χ0n) is 25.3. The third-order valence-electron chi connectivity index (χ3n) is 11.1. The summed E-state index contributed by atoms with van der Waals surface area (Å²) in [6.45, 7) is 11.0. The van der Waals surface area contributed by atoms with Crippen molar-refractivity contribution in [3.63, 3.8) is 0 Å². The smallest absolute Gasteiger partial charge is 0.246 e. The first kappa shape index (κ1) is 28.4. The summed E-state index contributed by atoms with van der Waals surface area (Å²) < 4.78 is 6.59. The number of benzene rings is 1. The summed E-state index contributed by atoms with van der Waals surface area (Å²) in [5.41, 5.74) is 0.799. The Morgan fingerprint density at radius 3 is 2.37 bits per heavy atom. The molecule has 2 aliphatic carbocycles. The summed E-state index contributed by atoms with van der Waals surface area (Å²) in [6.07, 6.45) is 10.4. The van der Waals surface area contributed by atoms with Crippen LogP contribution in [0.2, 0.25) is 0 Å². The second-order valence-corrected chi connectivity index (χ2v) is 14.0. The number of hydrogen-bond acceptors (Lipinski definition) is 4. The molecule has 8 atom stereocenters. The maximum Gasteiger partial charge on any atom is 0.246 e. The molecule has 1 aromatic rings. The predicted molar refractivity (Wildman–Crippen MR) is 159 cm³/mol. The maximum absolute atomic E-state index is 14.4. The van der Waals surface area contributed by atoms with Crippen molar-refractivity contribution in [3.8, 4) is 0 Å². The molecule has 0 radical (unpaired) electrons. The highest BCUT2D eigenvalue weighted by atomic mass is 16.5. The molecule has 7 heteroatoms. The molecule has 41 heavy (non-hydrogen) atoms. The minimum Gasteiger partial charge on any atom is -0.359 e. The first-order valence-electron chi connectivity index (χ1n) is 16.0. The Balaban J connectivity index is 1.29. The quantitative estimate of drug-likeness (QED) is 0.454. The van der Waals surface area contributed by atoms with Gasteiger partial charge in [0.2, 0.25) is 17.7 Å². The van der Waals surface area contributed by atoms with Gasteiger partial charge in [-0.25, -0.2) is 0 Å². The second kappa shape index (κ2) is 10.9. The summed E-state index contributed by atoms with van der Waals surface area (Å²) >= 11 is 0. The number of rotatable bonds is 6. The van der Waals surface area contributed by atoms with Gasteiger partial charge in [0.25, 0.3) is 0 Å². The molecule has 1 spiro atoms. The number of amides is 3. The van der Waals surface area contributed by atoms with Gasteiger partial charge in [0, 0.05) is 17.8 Å². The normalized spacial score (nSPS) is 39.7. The van der Waals surface area contributed by atoms with Crippen LogP contribution in [0.1, 0.15) is 91.0 Å². The molecule has 3 heterocycles. The molecule has 2 saturated heterocycles. The molecule has 6 rings (SSSR count). The second-order valence-electron chi connectivity index (χ2n) is 14.0. The Kier molecular flexibility index (Phi) is 7.54. The fraction of sp³-hybridized carbons (Fsp3) is 0.676. The van der Waals surface area contributed by atoms with Crippen LogP contribution in [0.3, 0.4) is 0 Å². The van der Waals surface area contributed by atoms with Crippen molar-refractivity contribution in [2.24, 2.45) is 29.6 Å². The van der Waals surface area contributed by atoms with Crippen LogP contribution in [-0.2, 0) is 19.1 Å². The van der Waals surface area contributed by atoms with Crippen LogP contribution in [-0.4, -0.2) is 52.5 Å². The SMILES string of the molecule is CC1CCC(N2C(=O)[C@H]3[C@H](C(=O)Nc4ccc(C(C)C)cc4)[C@H]4C=C[C@@]3(O4)[C@@H]2C(=O)N[C@@H]2CCC[C@@H](C)[C@H]2C)CC1. The highest BCUT2D eigenvalue weighted by Crippen LogP contribution is 2.56. The van der Waals surface area contributed by atoms with Gasteiger partial charge in [-0.05, 0) is 73.5 Å². The van der Waals surface area contributed by atoms with E-state index >= 15 is 0 Å². The lowest BCUT2D eigenvalue weighted by Gasteiger charge is -2.41. The van der Waals surface area contributed by atoms with E-state index in [4.69, 9.17) is 4.74 Å². The number of fused-ring (bicyclic) bond motifs is 1. The predicted octanol–water partition coefficient (Wildman–Crippen LogP) is 5.42. The number of carbonyl (C=O) groups is 3. The van der Waals surface area contributed by atoms with E-state index in [2.05, 4.69) is 45.3 Å². The highest BCUT2D eigenvalue weighted by molar-refractivity contribution is 6.03. The molecule has 4 fully saturated rings. The number of likely N-dealkylation sites (tertiary alicyclic amines) is 1. The summed E-state index contributed by atoms with van der Waals surface area (Å²) in [4.78, 5) is 44.4. The molecule has 2 saturated carbocycles. The maximum atomic E-state index is 14.4. The molecule has 3 amide bonds. The first-order valence-corrected chi connectivity index (χ1v) is 16.0. The lowest BCUT2D eigenvalue weighted by Crippen LogP contribution is -2.59. The van der Waals surface area contributed by atoms with Gasteiger partial charge in [-0.3, -0.25) is 14.4 Å². The van der Waals surface area contributed by atoms with Crippen LogP contribution >= 0.6 is 0 Å². The lowest BCUT2D eigenvalue weighted by molar-refractivity contribution is -0.145. The molecular weight excluding hydrogens is 514 g/mol. The summed E-state index contributed by atoms with van der Waals surface area (Å²) in [5.74, 6) is 0.116. The van der Waals surface area contributed by atoms with Gasteiger partial charge in [0.05, 0.1) is 17.9 Å². The molecule has 3 aliphatic heterocycles. The molecule has 1 aromatic carbocycles. The third kappa shape index (κ3) is 4.82. The van der Waals surface area contributed by atoms with Crippen molar-refractivity contribution < 1.29 is 19.1 Å². The van der Waals surface area contributed by atoms with Crippen molar-refractivity contribution in [1.82, 2.24) is 10.2 Å². The molecule has 2 bridgehead atoms. The average molecular weight is 562 g/mol. The van der Waals surface area contributed by atoms with Gasteiger partial charge < -0.3 is 20.3 Å². The van der Waals surface area contributed by atoms with E-state index in [-0.39, 0.29) is 29.8 Å². The van der Waals surface area contributed by atoms with Crippen LogP contribution in [0.4, 0.5) is 5.69 Å². The van der Waals surface area contributed by atoms with Gasteiger partial charge in [-0.15, -0.1) is 0 Å². The zero-order valence-corrected chi connectivity index (χ0v) is 25.3. The largest absolute Gasteiger partial charge is 0.359 e. The number of nitrogens with one attached hydrogen (secondary N) is 2. The molecular formula is C34H47N3O4. The molecule has 5 aliphatic rings. The Morgan fingerprint density at radius 2 is 1.68 bits per heavy atom. The minimum absolute atomic E-state index is 0.0135. The number of anilines is 1. The van der Waals surface area contributed by atoms with Gasteiger partial charge >= 0.3 is 0 Å². The Bertz CT molecular complexity index is 1200. The third-order valence-corrected chi connectivity index (χ3v) is 11.1. The Labute approximate surface area is 244 Å². The number of nitrogens with zero attached hydrogens (tertiary/aromatic N) is 1. The van der Waals surface area contributed by atoms with Crippen LogP contribution in [0, 0.1) is 29.6 Å². The van der Waals surface area contributed by atoms with Crippen molar-refractivity contribution in [1.29, 1.82) is 0 Å². The van der Waals surface area contributed by atoms with Crippen LogP contribution in [0.15, 0.2) is 36.4 Å². The van der Waals surface area contributed by atoms with Crippen LogP contribution in [0.5, 0.6) is 0 Å². The minimum atomic E-state index is -1.11. The van der Waals surface area contributed by atoms with Crippen molar-refractivity contribution in [3.05, 3.63) is 42.0 Å². The number of ether oxygens (including phenoxy) is 1. The van der Waals surface area contributed by atoms with E-state index < -0.39 is 29.6 Å². The van der Waals surface area contributed by atoms with E-state index in [0.717, 1.165) is 38.5 Å². The van der Waals surface area contributed by atoms with E-state index in [9.17, 15) is 14.4 Å². The monoisotopic (exact) mass is 561 g/mol. The van der Waals surface area contributed by atoms with Crippen molar-refractivity contribution >= 4 is 23.4 Å². The summed E-state index contributed by atoms with van der Waals surface area (Å²) in [5, 5.41) is 6.44. The van der Waals surface area contributed by atoms with E-state index in [0.29, 0.717) is 29.4 Å². The molecule has 222 valence electrons. The average Bonchev–Trinajstić information content (AvgIpc) is 3.59. The van der Waals surface area contributed by atoms with E-state index in [1.807, 2.05) is 41.3 Å². The molecule has 0 aromatic heterocycles. The van der Waals surface area contributed by atoms with Crippen LogP contribution < -0.4 is 10.6 Å². The van der Waals surface area contributed by atoms with Crippen molar-refractivity contribution in [2.75, 3.05) is 5.32 Å². The first-order chi connectivity index (χ1) is 19.6. The fourth-order valence-electron chi connectivity index (χ4n) is 8.34. The zero-order chi connectivity index (χ0) is 29.1. The topological polar surface area (TPSA) is 87.7 Å². The molecule has 0 unspecified atom stereocenters. The Morgan fingerprint density at radius 1 is 0.976 bits per heavy atom. The Hall–Kier alpha value is -2.67. The van der Waals surface area contributed by atoms with E-state index in [1.54, 1.807) is 0 Å². The number of carbonyl (C=O) groups excluding carboxylic acids is 3. The van der Waals surface area contributed by atoms with Crippen molar-refractivity contribution in [2.45, 2.75) is 115 Å². The van der Waals surface area contributed by atoms with Crippen LogP contribution in [0.25, 0.3) is 0 Å². The number of hydrogen-bond donors (Lipinski definition) is 2. The standard InChI is InChI=1S/C34H47N3O4/c1-19(2)23-11-13-24(14-12-23)35-31(38)28-27-17-18-34(41-27)29(28)33(40)37(25-15-9-20(3)10-16-25)30(34)32(39)36-26-8-6-7-21(4)22(26)5/h11-14,17-22,25-30H,6-10,15-16H2,1-5H3,(H,35,38)(H,36,39)/t20?,21-,22-,25?,26-,27-,28-,29-,30+,34+/m1/s1. The lowest BCUT2D eigenvalue weighted by atomic mass is 9.73. The highest BCUT2D eigenvalue weighted by Gasteiger charge is 2.73. The fourth-order valence-corrected chi connectivity index (χ4v) is 8.34. The summed E-state index contributed by atoms with van der Waals surface area (Å²) in [7, 11) is 0. The summed E-state index contributed by atoms with van der Waals surface area (Å²) in [6, 6.07) is 7.20. The van der Waals surface area contributed by atoms with Gasteiger partial charge in [0.15, 0.2) is 0 Å².